The lowest BCUT2D eigenvalue weighted by atomic mass is 10.2. The first-order valence-corrected chi connectivity index (χ1v) is 8.86. The van der Waals surface area contributed by atoms with E-state index in [4.69, 9.17) is 4.74 Å². The third-order valence-corrected chi connectivity index (χ3v) is 4.50. The van der Waals surface area contributed by atoms with E-state index >= 15 is 0 Å². The van der Waals surface area contributed by atoms with E-state index in [0.29, 0.717) is 12.3 Å². The van der Waals surface area contributed by atoms with Crippen LogP contribution in [0.5, 0.6) is 5.75 Å². The van der Waals surface area contributed by atoms with E-state index in [1.807, 2.05) is 12.1 Å². The summed E-state index contributed by atoms with van der Waals surface area (Å²) in [5.41, 5.74) is 1.30. The topological polar surface area (TPSA) is 32.8 Å². The molecule has 0 radical (unpaired) electrons. The van der Waals surface area contributed by atoms with Crippen LogP contribution in [0, 0.1) is 0 Å². The standard InChI is InChI=1S/C19H30N2O2/c1-3-4-5-7-19(22)21-13-6-12-20(14-15-21)16-17-8-10-18(23-2)11-9-17/h8-11H,3-7,12-16H2,1-2H3. The van der Waals surface area contributed by atoms with Crippen LogP contribution >= 0.6 is 0 Å². The highest BCUT2D eigenvalue weighted by atomic mass is 16.5. The summed E-state index contributed by atoms with van der Waals surface area (Å²) in [6.45, 7) is 6.91. The summed E-state index contributed by atoms with van der Waals surface area (Å²) in [6.07, 6.45) is 5.13. The average Bonchev–Trinajstić information content (AvgIpc) is 2.81. The zero-order valence-electron chi connectivity index (χ0n) is 14.6. The predicted octanol–water partition coefficient (Wildman–Crippen LogP) is 3.31. The molecule has 0 N–H and O–H groups in total. The normalized spacial score (nSPS) is 16.2. The molecule has 0 unspecified atom stereocenters. The lowest BCUT2D eigenvalue weighted by Crippen LogP contribution is -2.34. The largest absolute Gasteiger partial charge is 0.497 e. The maximum Gasteiger partial charge on any atom is 0.222 e. The summed E-state index contributed by atoms with van der Waals surface area (Å²) in [4.78, 5) is 16.8. The Morgan fingerprint density at radius 1 is 1.09 bits per heavy atom. The van der Waals surface area contributed by atoms with E-state index in [-0.39, 0.29) is 0 Å². The predicted molar refractivity (Wildman–Crippen MR) is 93.6 cm³/mol. The average molecular weight is 318 g/mol. The van der Waals surface area contributed by atoms with Gasteiger partial charge in [0.1, 0.15) is 5.75 Å². The molecule has 1 aliphatic heterocycles. The van der Waals surface area contributed by atoms with Crippen molar-refractivity contribution in [3.05, 3.63) is 29.8 Å². The number of hydrogen-bond acceptors (Lipinski definition) is 3. The molecule has 1 heterocycles. The zero-order valence-corrected chi connectivity index (χ0v) is 14.6. The van der Waals surface area contributed by atoms with Gasteiger partial charge in [-0.3, -0.25) is 9.69 Å². The van der Waals surface area contributed by atoms with Crippen molar-refractivity contribution in [1.82, 2.24) is 9.80 Å². The molecule has 0 spiro atoms. The molecule has 1 amide bonds. The van der Waals surface area contributed by atoms with E-state index in [0.717, 1.165) is 57.7 Å². The van der Waals surface area contributed by atoms with Crippen LogP contribution < -0.4 is 4.74 Å². The van der Waals surface area contributed by atoms with Crippen LogP contribution in [0.3, 0.4) is 0 Å². The Morgan fingerprint density at radius 3 is 2.57 bits per heavy atom. The van der Waals surface area contributed by atoms with Crippen LogP contribution in [0.4, 0.5) is 0 Å². The number of carbonyl (C=O) groups excluding carboxylic acids is 1. The maximum absolute atomic E-state index is 12.3. The molecule has 0 aliphatic carbocycles. The zero-order chi connectivity index (χ0) is 16.5. The van der Waals surface area contributed by atoms with Gasteiger partial charge in [0.2, 0.25) is 5.91 Å². The van der Waals surface area contributed by atoms with Crippen molar-refractivity contribution in [2.24, 2.45) is 0 Å². The lowest BCUT2D eigenvalue weighted by Gasteiger charge is -2.22. The Bertz CT molecular complexity index is 473. The number of methoxy groups -OCH3 is 1. The van der Waals surface area contributed by atoms with Gasteiger partial charge in [0.15, 0.2) is 0 Å². The van der Waals surface area contributed by atoms with Crippen molar-refractivity contribution < 1.29 is 9.53 Å². The first-order valence-electron chi connectivity index (χ1n) is 8.86. The summed E-state index contributed by atoms with van der Waals surface area (Å²) < 4.78 is 5.20. The van der Waals surface area contributed by atoms with Crippen LogP contribution in [-0.4, -0.2) is 49.0 Å². The molecule has 4 heteroatoms. The van der Waals surface area contributed by atoms with Crippen LogP contribution in [0.1, 0.15) is 44.6 Å². The van der Waals surface area contributed by atoms with Gasteiger partial charge in [-0.2, -0.15) is 0 Å². The molecule has 1 aromatic carbocycles. The van der Waals surface area contributed by atoms with Gasteiger partial charge in [-0.05, 0) is 30.5 Å². The molecule has 1 aliphatic rings. The Labute approximate surface area is 140 Å². The van der Waals surface area contributed by atoms with Crippen molar-refractivity contribution in [2.45, 2.75) is 45.6 Å². The molecular weight excluding hydrogens is 288 g/mol. The van der Waals surface area contributed by atoms with Crippen molar-refractivity contribution in [1.29, 1.82) is 0 Å². The van der Waals surface area contributed by atoms with Gasteiger partial charge < -0.3 is 9.64 Å². The summed E-state index contributed by atoms with van der Waals surface area (Å²) in [5, 5.41) is 0. The minimum Gasteiger partial charge on any atom is -0.497 e. The third kappa shape index (κ3) is 5.87. The van der Waals surface area contributed by atoms with Crippen molar-refractivity contribution in [3.63, 3.8) is 0 Å². The minimum absolute atomic E-state index is 0.338. The fourth-order valence-electron chi connectivity index (χ4n) is 3.05. The van der Waals surface area contributed by atoms with Crippen molar-refractivity contribution >= 4 is 5.91 Å². The Balaban J connectivity index is 1.79. The summed E-state index contributed by atoms with van der Waals surface area (Å²) in [7, 11) is 1.69. The number of unbranched alkanes of at least 4 members (excludes halogenated alkanes) is 2. The molecule has 0 bridgehead atoms. The quantitative estimate of drug-likeness (QED) is 0.723. The summed E-state index contributed by atoms with van der Waals surface area (Å²) >= 11 is 0. The van der Waals surface area contributed by atoms with Gasteiger partial charge in [0.25, 0.3) is 0 Å². The van der Waals surface area contributed by atoms with Crippen LogP contribution in [0.15, 0.2) is 24.3 Å². The molecule has 0 aromatic heterocycles. The van der Waals surface area contributed by atoms with Crippen LogP contribution in [-0.2, 0) is 11.3 Å². The molecule has 1 saturated heterocycles. The van der Waals surface area contributed by atoms with Crippen LogP contribution in [0.25, 0.3) is 0 Å². The van der Waals surface area contributed by atoms with E-state index in [1.165, 1.54) is 12.0 Å². The third-order valence-electron chi connectivity index (χ3n) is 4.50. The van der Waals surface area contributed by atoms with Crippen molar-refractivity contribution in [3.8, 4) is 5.75 Å². The minimum atomic E-state index is 0.338. The molecule has 0 atom stereocenters. The highest BCUT2D eigenvalue weighted by Crippen LogP contribution is 2.15. The fraction of sp³-hybridized carbons (Fsp3) is 0.632. The summed E-state index contributed by atoms with van der Waals surface area (Å²) in [5.74, 6) is 1.23. The highest BCUT2D eigenvalue weighted by molar-refractivity contribution is 5.76. The first-order chi connectivity index (χ1) is 11.2. The van der Waals surface area contributed by atoms with Gasteiger partial charge in [-0.1, -0.05) is 31.9 Å². The van der Waals surface area contributed by atoms with Gasteiger partial charge in [0, 0.05) is 39.1 Å². The lowest BCUT2D eigenvalue weighted by molar-refractivity contribution is -0.131. The number of hydrogen-bond donors (Lipinski definition) is 0. The fourth-order valence-corrected chi connectivity index (χ4v) is 3.05. The SMILES string of the molecule is CCCCCC(=O)N1CCCN(Cc2ccc(OC)cc2)CC1. The second-order valence-corrected chi connectivity index (χ2v) is 6.32. The van der Waals surface area contributed by atoms with E-state index in [2.05, 4.69) is 28.9 Å². The Morgan fingerprint density at radius 2 is 1.87 bits per heavy atom. The van der Waals surface area contributed by atoms with E-state index in [9.17, 15) is 4.79 Å². The van der Waals surface area contributed by atoms with Gasteiger partial charge in [-0.15, -0.1) is 0 Å². The number of benzene rings is 1. The van der Waals surface area contributed by atoms with E-state index in [1.54, 1.807) is 7.11 Å². The first kappa shape index (κ1) is 17.8. The number of amides is 1. The monoisotopic (exact) mass is 318 g/mol. The Kier molecular flexibility index (Phi) is 7.40. The van der Waals surface area contributed by atoms with Gasteiger partial charge in [-0.25, -0.2) is 0 Å². The molecule has 0 saturated carbocycles. The van der Waals surface area contributed by atoms with Gasteiger partial charge in [0.05, 0.1) is 7.11 Å². The molecule has 1 fully saturated rings. The van der Waals surface area contributed by atoms with Crippen LogP contribution in [0.2, 0.25) is 0 Å². The maximum atomic E-state index is 12.3. The summed E-state index contributed by atoms with van der Waals surface area (Å²) in [6, 6.07) is 8.27. The second kappa shape index (κ2) is 9.56. The molecule has 4 nitrogen and oxygen atoms in total. The number of carbonyl (C=O) groups is 1. The number of ether oxygens (including phenoxy) is 1. The number of rotatable bonds is 7. The Hall–Kier alpha value is -1.55. The molecule has 128 valence electrons. The second-order valence-electron chi connectivity index (χ2n) is 6.32. The smallest absolute Gasteiger partial charge is 0.222 e. The van der Waals surface area contributed by atoms with Crippen molar-refractivity contribution in [2.75, 3.05) is 33.3 Å². The number of nitrogens with zero attached hydrogens (tertiary/aromatic N) is 2. The van der Waals surface area contributed by atoms with E-state index < -0.39 is 0 Å². The molecule has 2 rings (SSSR count). The molecule has 1 aromatic rings. The highest BCUT2D eigenvalue weighted by Gasteiger charge is 2.18. The molecule has 23 heavy (non-hydrogen) atoms. The van der Waals surface area contributed by atoms with Gasteiger partial charge >= 0.3 is 0 Å². The molecular formula is C19H30N2O2.